The smallest absolute Gasteiger partial charge is 0.449 e. The number of pyridine rings is 1. The molecule has 162 valence electrons. The van der Waals surface area contributed by atoms with Crippen LogP contribution >= 0.6 is 46.8 Å². The van der Waals surface area contributed by atoms with Gasteiger partial charge in [-0.3, -0.25) is 4.79 Å². The van der Waals surface area contributed by atoms with Crippen molar-refractivity contribution in [1.82, 2.24) is 8.87 Å². The number of hydrogen-bond acceptors (Lipinski definition) is 6. The number of piperazine rings is 1. The highest BCUT2D eigenvalue weighted by Gasteiger charge is 2.30. The fourth-order valence-corrected chi connectivity index (χ4v) is 5.08. The topological polar surface area (TPSA) is 75.0 Å². The summed E-state index contributed by atoms with van der Waals surface area (Å²) < 4.78 is 21.8. The predicted octanol–water partition coefficient (Wildman–Crippen LogP) is 4.63. The molecule has 2 heterocycles. The summed E-state index contributed by atoms with van der Waals surface area (Å²) >= 11 is 18.6. The van der Waals surface area contributed by atoms with Crippen molar-refractivity contribution < 1.29 is 19.0 Å². The summed E-state index contributed by atoms with van der Waals surface area (Å²) in [4.78, 5) is 25.4. The minimum atomic E-state index is -1.59. The van der Waals surface area contributed by atoms with Gasteiger partial charge in [-0.1, -0.05) is 34.8 Å². The maximum atomic E-state index is 15.0. The summed E-state index contributed by atoms with van der Waals surface area (Å²) in [6.45, 7) is 2.17. The van der Waals surface area contributed by atoms with E-state index >= 15 is 0 Å². The van der Waals surface area contributed by atoms with Crippen molar-refractivity contribution in [3.8, 4) is 5.75 Å². The SMILES string of the molecule is O=C(O)Oc1cn(C2CC2)c2cc(N3CCN(SC(Cl)(Cl)Cl)CC3)c(F)cc2c1=O. The van der Waals surface area contributed by atoms with E-state index in [0.29, 0.717) is 37.4 Å². The van der Waals surface area contributed by atoms with Crippen LogP contribution in [0.2, 0.25) is 0 Å². The molecule has 0 bridgehead atoms. The number of alkyl halides is 3. The van der Waals surface area contributed by atoms with E-state index in [0.717, 1.165) is 30.9 Å². The van der Waals surface area contributed by atoms with Gasteiger partial charge in [0.05, 0.1) is 22.8 Å². The Morgan fingerprint density at radius 1 is 1.20 bits per heavy atom. The summed E-state index contributed by atoms with van der Waals surface area (Å²) in [5.74, 6) is -0.886. The average Bonchev–Trinajstić information content (AvgIpc) is 3.48. The van der Waals surface area contributed by atoms with Crippen LogP contribution < -0.4 is 15.1 Å². The maximum absolute atomic E-state index is 15.0. The Labute approximate surface area is 190 Å². The van der Waals surface area contributed by atoms with Crippen molar-refractivity contribution >= 4 is 69.5 Å². The lowest BCUT2D eigenvalue weighted by Gasteiger charge is -2.36. The number of halogens is 4. The van der Waals surface area contributed by atoms with Crippen molar-refractivity contribution in [1.29, 1.82) is 0 Å². The lowest BCUT2D eigenvalue weighted by Crippen LogP contribution is -2.44. The highest BCUT2D eigenvalue weighted by molar-refractivity contribution is 8.02. The van der Waals surface area contributed by atoms with E-state index in [1.807, 2.05) is 9.21 Å². The number of fused-ring (bicyclic) bond motifs is 1. The van der Waals surface area contributed by atoms with Crippen molar-refractivity contribution in [2.75, 3.05) is 31.1 Å². The molecule has 1 aromatic heterocycles. The Morgan fingerprint density at radius 3 is 2.43 bits per heavy atom. The van der Waals surface area contributed by atoms with Gasteiger partial charge in [0.2, 0.25) is 5.43 Å². The Kier molecular flexibility index (Phi) is 6.02. The zero-order chi connectivity index (χ0) is 21.6. The molecule has 4 rings (SSSR count). The van der Waals surface area contributed by atoms with Gasteiger partial charge in [-0.15, -0.1) is 0 Å². The van der Waals surface area contributed by atoms with Crippen LogP contribution in [0.5, 0.6) is 5.75 Å². The van der Waals surface area contributed by atoms with Crippen LogP contribution in [0.3, 0.4) is 0 Å². The molecule has 2 aliphatic rings. The van der Waals surface area contributed by atoms with E-state index in [9.17, 15) is 14.0 Å². The molecule has 7 nitrogen and oxygen atoms in total. The second-order valence-electron chi connectivity index (χ2n) is 7.10. The van der Waals surface area contributed by atoms with E-state index in [1.54, 1.807) is 10.6 Å². The number of carbonyl (C=O) groups is 1. The van der Waals surface area contributed by atoms with Gasteiger partial charge in [-0.25, -0.2) is 13.5 Å². The molecule has 1 saturated carbocycles. The number of anilines is 1. The number of carboxylic acid groups (broad SMARTS) is 1. The molecule has 0 amide bonds. The molecular formula is C18H17Cl3FN3O4S. The molecule has 1 aliphatic heterocycles. The Balaban J connectivity index is 1.68. The van der Waals surface area contributed by atoms with Crippen LogP contribution in [0.15, 0.2) is 23.1 Å². The van der Waals surface area contributed by atoms with Crippen molar-refractivity contribution in [2.24, 2.45) is 0 Å². The largest absolute Gasteiger partial charge is 0.511 e. The number of nitrogens with zero attached hydrogens (tertiary/aromatic N) is 3. The lowest BCUT2D eigenvalue weighted by atomic mass is 10.1. The summed E-state index contributed by atoms with van der Waals surface area (Å²) in [5.41, 5.74) is 0.273. The number of rotatable bonds is 4. The van der Waals surface area contributed by atoms with Gasteiger partial charge < -0.3 is 19.3 Å². The minimum absolute atomic E-state index is 0.0901. The number of hydrogen-bond donors (Lipinski definition) is 1. The van der Waals surface area contributed by atoms with Crippen molar-refractivity contribution in [3.63, 3.8) is 0 Å². The standard InChI is InChI=1S/C18H17Cl3FN3O4S/c19-18(20,21)30-24-5-3-23(4-6-24)14-8-13-11(7-12(14)22)16(26)15(29-17(27)28)9-25(13)10-1-2-10/h7-10H,1-6H2,(H,27,28). The van der Waals surface area contributed by atoms with Crippen LogP contribution in [0.25, 0.3) is 10.9 Å². The van der Waals surface area contributed by atoms with Crippen LogP contribution in [-0.2, 0) is 0 Å². The van der Waals surface area contributed by atoms with Gasteiger partial charge >= 0.3 is 6.16 Å². The van der Waals surface area contributed by atoms with Gasteiger partial charge in [0.25, 0.3) is 3.12 Å². The Hall–Kier alpha value is -1.39. The van der Waals surface area contributed by atoms with Crippen molar-refractivity contribution in [2.45, 2.75) is 22.0 Å². The number of ether oxygens (including phenoxy) is 1. The van der Waals surface area contributed by atoms with E-state index in [-0.39, 0.29) is 17.2 Å². The molecule has 1 saturated heterocycles. The molecule has 0 radical (unpaired) electrons. The third kappa shape index (κ3) is 4.75. The predicted molar refractivity (Wildman–Crippen MR) is 117 cm³/mol. The fraction of sp³-hybridized carbons (Fsp3) is 0.444. The van der Waals surface area contributed by atoms with Crippen LogP contribution in [-0.4, -0.2) is 49.4 Å². The van der Waals surface area contributed by atoms with E-state index in [2.05, 4.69) is 4.74 Å². The summed E-state index contributed by atoms with van der Waals surface area (Å²) in [5, 5.41) is 8.98. The molecule has 2 fully saturated rings. The molecule has 1 aliphatic carbocycles. The quantitative estimate of drug-likeness (QED) is 0.376. The zero-order valence-corrected chi connectivity index (χ0v) is 18.6. The summed E-state index contributed by atoms with van der Waals surface area (Å²) in [6.07, 6.45) is 1.60. The van der Waals surface area contributed by atoms with Gasteiger partial charge in [0.15, 0.2) is 5.75 Å². The normalized spacial score (nSPS) is 18.1. The van der Waals surface area contributed by atoms with E-state index in [4.69, 9.17) is 39.9 Å². The summed E-state index contributed by atoms with van der Waals surface area (Å²) in [7, 11) is 0. The first kappa shape index (κ1) is 21.8. The fourth-order valence-electron chi connectivity index (χ4n) is 3.56. The Bertz CT molecular complexity index is 1050. The van der Waals surface area contributed by atoms with Crippen LogP contribution in [0, 0.1) is 5.82 Å². The zero-order valence-electron chi connectivity index (χ0n) is 15.5. The molecule has 12 heteroatoms. The highest BCUT2D eigenvalue weighted by atomic mass is 35.6. The molecule has 1 N–H and O–H groups in total. The van der Waals surface area contributed by atoms with Crippen LogP contribution in [0.4, 0.5) is 14.9 Å². The van der Waals surface area contributed by atoms with E-state index < -0.39 is 20.5 Å². The van der Waals surface area contributed by atoms with E-state index in [1.165, 1.54) is 6.20 Å². The first-order chi connectivity index (χ1) is 14.1. The molecule has 1 aromatic carbocycles. The molecule has 2 aromatic rings. The van der Waals surface area contributed by atoms with Gasteiger partial charge in [-0.2, -0.15) is 0 Å². The number of aromatic nitrogens is 1. The lowest BCUT2D eigenvalue weighted by molar-refractivity contribution is 0.143. The average molecular weight is 497 g/mol. The molecular weight excluding hydrogens is 480 g/mol. The third-order valence-electron chi connectivity index (χ3n) is 5.02. The maximum Gasteiger partial charge on any atom is 0.511 e. The summed E-state index contributed by atoms with van der Waals surface area (Å²) in [6, 6.07) is 2.93. The first-order valence-electron chi connectivity index (χ1n) is 9.17. The minimum Gasteiger partial charge on any atom is -0.449 e. The van der Waals surface area contributed by atoms with Crippen LogP contribution in [0.1, 0.15) is 18.9 Å². The number of benzene rings is 1. The molecule has 0 unspecified atom stereocenters. The van der Waals surface area contributed by atoms with Gasteiger partial charge in [0.1, 0.15) is 5.82 Å². The second kappa shape index (κ2) is 8.27. The second-order valence-corrected chi connectivity index (χ2v) is 11.4. The molecule has 0 atom stereocenters. The molecule has 30 heavy (non-hydrogen) atoms. The first-order valence-corrected chi connectivity index (χ1v) is 11.1. The third-order valence-corrected chi connectivity index (χ3v) is 6.47. The monoisotopic (exact) mass is 495 g/mol. The van der Waals surface area contributed by atoms with Gasteiger partial charge in [-0.05, 0) is 36.9 Å². The molecule has 0 spiro atoms. The van der Waals surface area contributed by atoms with Crippen molar-refractivity contribution in [3.05, 3.63) is 34.4 Å². The highest BCUT2D eigenvalue weighted by Crippen LogP contribution is 2.42. The van der Waals surface area contributed by atoms with Gasteiger partial charge in [0, 0.05) is 32.2 Å². The Morgan fingerprint density at radius 2 is 1.87 bits per heavy atom.